The lowest BCUT2D eigenvalue weighted by Gasteiger charge is -2.28. The van der Waals surface area contributed by atoms with Crippen LogP contribution in [0.2, 0.25) is 0 Å². The largest absolute Gasteiger partial charge is 0.352 e. The highest BCUT2D eigenvalue weighted by Gasteiger charge is 2.22. The average molecular weight is 385 g/mol. The molecule has 0 unspecified atom stereocenters. The van der Waals surface area contributed by atoms with E-state index in [1.807, 2.05) is 47.4 Å². The first-order valence-electron chi connectivity index (χ1n) is 9.84. The molecule has 0 bridgehead atoms. The Kier molecular flexibility index (Phi) is 5.66. The molecule has 1 aliphatic heterocycles. The summed E-state index contributed by atoms with van der Waals surface area (Å²) in [4.78, 5) is 31.4. The predicted molar refractivity (Wildman–Crippen MR) is 112 cm³/mol. The number of hydrogen-bond acceptors (Lipinski definition) is 3. The molecule has 2 aromatic carbocycles. The van der Waals surface area contributed by atoms with Crippen molar-refractivity contribution < 1.29 is 9.59 Å². The van der Waals surface area contributed by atoms with Gasteiger partial charge in [-0.3, -0.25) is 14.6 Å². The zero-order chi connectivity index (χ0) is 20.1. The van der Waals surface area contributed by atoms with Crippen molar-refractivity contribution in [3.8, 4) is 0 Å². The fourth-order valence-electron chi connectivity index (χ4n) is 3.60. The van der Waals surface area contributed by atoms with Crippen molar-refractivity contribution in [2.45, 2.75) is 19.4 Å². The third kappa shape index (κ3) is 4.51. The van der Waals surface area contributed by atoms with Gasteiger partial charge in [-0.25, -0.2) is 0 Å². The molecule has 0 atom stereocenters. The molecular weight excluding hydrogens is 362 g/mol. The number of rotatable bonds is 5. The van der Waals surface area contributed by atoms with Crippen molar-refractivity contribution in [2.24, 2.45) is 0 Å². The fraction of sp³-hybridized carbons (Fsp3) is 0.208. The molecule has 2 heterocycles. The van der Waals surface area contributed by atoms with E-state index < -0.39 is 0 Å². The summed E-state index contributed by atoms with van der Waals surface area (Å²) in [5, 5.41) is 2.90. The minimum atomic E-state index is -0.216. The second-order valence-electron chi connectivity index (χ2n) is 7.20. The number of fused-ring (bicyclic) bond motifs is 1. The third-order valence-electron chi connectivity index (χ3n) is 5.21. The number of carbonyl (C=O) groups is 2. The van der Waals surface area contributed by atoms with Crippen molar-refractivity contribution in [1.82, 2.24) is 15.2 Å². The van der Waals surface area contributed by atoms with Crippen LogP contribution in [0.15, 0.2) is 73.1 Å². The Morgan fingerprint density at radius 1 is 0.931 bits per heavy atom. The molecule has 1 N–H and O–H groups in total. The van der Waals surface area contributed by atoms with Gasteiger partial charge in [0.15, 0.2) is 0 Å². The summed E-state index contributed by atoms with van der Waals surface area (Å²) in [6.45, 7) is 1.79. The summed E-state index contributed by atoms with van der Waals surface area (Å²) in [6.07, 6.45) is 4.63. The van der Waals surface area contributed by atoms with E-state index in [4.69, 9.17) is 0 Å². The first kappa shape index (κ1) is 18.9. The maximum Gasteiger partial charge on any atom is 0.255 e. The average Bonchev–Trinajstić information content (AvgIpc) is 2.79. The van der Waals surface area contributed by atoms with E-state index in [2.05, 4.69) is 22.4 Å². The molecule has 1 aromatic heterocycles. The van der Waals surface area contributed by atoms with Crippen LogP contribution < -0.4 is 5.32 Å². The van der Waals surface area contributed by atoms with Crippen LogP contribution in [-0.2, 0) is 19.4 Å². The van der Waals surface area contributed by atoms with Gasteiger partial charge in [0, 0.05) is 32.0 Å². The highest BCUT2D eigenvalue weighted by atomic mass is 16.2. The Labute approximate surface area is 170 Å². The van der Waals surface area contributed by atoms with Gasteiger partial charge in [0.1, 0.15) is 0 Å². The summed E-state index contributed by atoms with van der Waals surface area (Å²) in [7, 11) is 0. The highest BCUT2D eigenvalue weighted by molar-refractivity contribution is 5.99. The summed E-state index contributed by atoms with van der Waals surface area (Å²) >= 11 is 0. The van der Waals surface area contributed by atoms with Gasteiger partial charge in [-0.1, -0.05) is 54.6 Å². The lowest BCUT2D eigenvalue weighted by molar-refractivity contribution is 0.0734. The molecule has 0 fully saturated rings. The maximum absolute atomic E-state index is 12.9. The number of nitrogens with zero attached hydrogens (tertiary/aromatic N) is 2. The molecule has 2 amide bonds. The van der Waals surface area contributed by atoms with Crippen LogP contribution in [0.3, 0.4) is 0 Å². The van der Waals surface area contributed by atoms with E-state index >= 15 is 0 Å². The van der Waals surface area contributed by atoms with E-state index in [0.29, 0.717) is 30.8 Å². The van der Waals surface area contributed by atoms with E-state index in [0.717, 1.165) is 12.8 Å². The third-order valence-corrected chi connectivity index (χ3v) is 5.21. The molecule has 1 aliphatic rings. The van der Waals surface area contributed by atoms with Crippen LogP contribution in [0.4, 0.5) is 0 Å². The van der Waals surface area contributed by atoms with Gasteiger partial charge in [0.25, 0.3) is 11.8 Å². The van der Waals surface area contributed by atoms with E-state index in [9.17, 15) is 9.59 Å². The van der Waals surface area contributed by atoms with Crippen molar-refractivity contribution in [1.29, 1.82) is 0 Å². The first-order valence-corrected chi connectivity index (χ1v) is 9.84. The van der Waals surface area contributed by atoms with Gasteiger partial charge < -0.3 is 10.2 Å². The molecule has 3 aromatic rings. The normalized spacial score (nSPS) is 12.9. The Balaban J connectivity index is 1.39. The molecule has 0 spiro atoms. The van der Waals surface area contributed by atoms with Crippen LogP contribution in [0.5, 0.6) is 0 Å². The van der Waals surface area contributed by atoms with Crippen molar-refractivity contribution in [2.75, 3.05) is 13.1 Å². The highest BCUT2D eigenvalue weighted by Crippen LogP contribution is 2.20. The molecule has 4 rings (SSSR count). The van der Waals surface area contributed by atoms with Gasteiger partial charge in [-0.2, -0.15) is 0 Å². The van der Waals surface area contributed by atoms with E-state index in [1.165, 1.54) is 29.1 Å². The summed E-state index contributed by atoms with van der Waals surface area (Å²) in [6, 6.07) is 19.8. The van der Waals surface area contributed by atoms with Crippen LogP contribution in [0.1, 0.15) is 37.4 Å². The molecule has 5 nitrogen and oxygen atoms in total. The summed E-state index contributed by atoms with van der Waals surface area (Å²) < 4.78 is 0. The van der Waals surface area contributed by atoms with Gasteiger partial charge in [-0.05, 0) is 35.6 Å². The summed E-state index contributed by atoms with van der Waals surface area (Å²) in [5.74, 6) is -0.307. The lowest BCUT2D eigenvalue weighted by Crippen LogP contribution is -2.36. The number of aromatic nitrogens is 1. The van der Waals surface area contributed by atoms with Crippen LogP contribution in [0.25, 0.3) is 0 Å². The molecular formula is C24H23N3O2. The minimum Gasteiger partial charge on any atom is -0.352 e. The van der Waals surface area contributed by atoms with Crippen molar-refractivity contribution in [3.05, 3.63) is 101 Å². The standard InChI is InChI=1S/C24H23N3O2/c28-23(26-12-10-18-6-2-1-3-7-18)21-14-22(16-25-15-21)24(29)27-13-11-19-8-4-5-9-20(19)17-27/h1-9,14-16H,10-13,17H2,(H,26,28). The Morgan fingerprint density at radius 3 is 2.48 bits per heavy atom. The van der Waals surface area contributed by atoms with Crippen LogP contribution >= 0.6 is 0 Å². The summed E-state index contributed by atoms with van der Waals surface area (Å²) in [5.41, 5.74) is 4.48. The number of amides is 2. The molecule has 0 radical (unpaired) electrons. The zero-order valence-corrected chi connectivity index (χ0v) is 16.2. The number of nitrogens with one attached hydrogen (secondary N) is 1. The molecule has 0 saturated heterocycles. The quantitative estimate of drug-likeness (QED) is 0.733. The Morgan fingerprint density at radius 2 is 1.66 bits per heavy atom. The maximum atomic E-state index is 12.9. The van der Waals surface area contributed by atoms with Gasteiger partial charge >= 0.3 is 0 Å². The van der Waals surface area contributed by atoms with Gasteiger partial charge in [0.2, 0.25) is 0 Å². The molecule has 29 heavy (non-hydrogen) atoms. The molecule has 0 aliphatic carbocycles. The van der Waals surface area contributed by atoms with E-state index in [1.54, 1.807) is 6.07 Å². The monoisotopic (exact) mass is 385 g/mol. The number of benzene rings is 2. The first-order chi connectivity index (χ1) is 14.2. The molecule has 146 valence electrons. The Bertz CT molecular complexity index is 1020. The fourth-order valence-corrected chi connectivity index (χ4v) is 3.60. The van der Waals surface area contributed by atoms with Crippen LogP contribution in [-0.4, -0.2) is 34.8 Å². The van der Waals surface area contributed by atoms with Crippen LogP contribution in [0, 0.1) is 0 Å². The number of hydrogen-bond donors (Lipinski definition) is 1. The lowest BCUT2D eigenvalue weighted by atomic mass is 9.99. The topological polar surface area (TPSA) is 62.3 Å². The Hall–Kier alpha value is -3.47. The SMILES string of the molecule is O=C(NCCc1ccccc1)c1cncc(C(=O)N2CCc3ccccc3C2)c1. The van der Waals surface area contributed by atoms with Gasteiger partial charge in [0.05, 0.1) is 11.1 Å². The predicted octanol–water partition coefficient (Wildman–Crippen LogP) is 3.25. The second kappa shape index (κ2) is 8.69. The number of pyridine rings is 1. The second-order valence-corrected chi connectivity index (χ2v) is 7.20. The molecule has 0 saturated carbocycles. The molecule has 5 heteroatoms. The minimum absolute atomic E-state index is 0.0917. The van der Waals surface area contributed by atoms with E-state index in [-0.39, 0.29) is 11.8 Å². The van der Waals surface area contributed by atoms with Crippen molar-refractivity contribution in [3.63, 3.8) is 0 Å². The smallest absolute Gasteiger partial charge is 0.255 e. The van der Waals surface area contributed by atoms with Crippen molar-refractivity contribution >= 4 is 11.8 Å². The number of carbonyl (C=O) groups excluding carboxylic acids is 2. The zero-order valence-electron chi connectivity index (χ0n) is 16.2. The van der Waals surface area contributed by atoms with Gasteiger partial charge in [-0.15, -0.1) is 0 Å².